The fraction of sp³-hybridized carbons (Fsp3) is 0.500. The zero-order chi connectivity index (χ0) is 8.55. The van der Waals surface area contributed by atoms with Crippen molar-refractivity contribution in [3.8, 4) is 5.88 Å². The second-order valence-corrected chi connectivity index (χ2v) is 2.96. The first-order chi connectivity index (χ1) is 5.83. The van der Waals surface area contributed by atoms with Gasteiger partial charge in [-0.25, -0.2) is 0 Å². The van der Waals surface area contributed by atoms with E-state index in [1.165, 1.54) is 0 Å². The molecule has 4 N–H and O–H groups in total. The Morgan fingerprint density at radius 1 is 1.67 bits per heavy atom. The zero-order valence-electron chi connectivity index (χ0n) is 6.86. The Hall–Kier alpha value is -1.00. The lowest BCUT2D eigenvalue weighted by Gasteiger charge is -2.07. The van der Waals surface area contributed by atoms with Crippen LogP contribution in [-0.4, -0.2) is 17.7 Å². The van der Waals surface area contributed by atoms with Gasteiger partial charge in [0.15, 0.2) is 5.88 Å². The lowest BCUT2D eigenvalue weighted by atomic mass is 10.1. The molecule has 0 saturated carbocycles. The van der Waals surface area contributed by atoms with Crippen LogP contribution >= 0.6 is 0 Å². The Morgan fingerprint density at radius 2 is 2.50 bits per heavy atom. The van der Waals surface area contributed by atoms with Crippen LogP contribution in [-0.2, 0) is 6.54 Å². The summed E-state index contributed by atoms with van der Waals surface area (Å²) in [6, 6.07) is 1.88. The third-order valence-electron chi connectivity index (χ3n) is 2.17. The molecular weight excluding hydrogens is 154 g/mol. The van der Waals surface area contributed by atoms with Crippen molar-refractivity contribution in [1.82, 2.24) is 4.57 Å². The molecule has 66 valence electrons. The molecule has 1 atom stereocenters. The molecule has 0 bridgehead atoms. The number of nitrogens with zero attached hydrogens (tertiary/aromatic N) is 1. The Balaban J connectivity index is 2.33. The Morgan fingerprint density at radius 3 is 3.25 bits per heavy atom. The van der Waals surface area contributed by atoms with Gasteiger partial charge in [0.05, 0.1) is 6.54 Å². The summed E-state index contributed by atoms with van der Waals surface area (Å²) in [5.41, 5.74) is 12.3. The van der Waals surface area contributed by atoms with Crippen molar-refractivity contribution in [2.24, 2.45) is 11.5 Å². The lowest BCUT2D eigenvalue weighted by Crippen LogP contribution is -2.20. The highest BCUT2D eigenvalue weighted by Crippen LogP contribution is 2.28. The average molecular weight is 167 g/mol. The van der Waals surface area contributed by atoms with Crippen molar-refractivity contribution in [3.63, 3.8) is 0 Å². The number of hydrogen-bond donors (Lipinski definition) is 2. The van der Waals surface area contributed by atoms with Gasteiger partial charge < -0.3 is 20.8 Å². The van der Waals surface area contributed by atoms with Crippen LogP contribution in [0.1, 0.15) is 11.6 Å². The van der Waals surface area contributed by atoms with Gasteiger partial charge in [-0.05, 0) is 6.07 Å². The van der Waals surface area contributed by atoms with Gasteiger partial charge in [0.1, 0.15) is 6.61 Å². The SMILES string of the molecule is NCC(N)c1ccn2c1OCC2. The van der Waals surface area contributed by atoms with Crippen LogP contribution < -0.4 is 16.2 Å². The molecule has 0 aliphatic carbocycles. The predicted octanol–water partition coefficient (Wildman–Crippen LogP) is -0.161. The van der Waals surface area contributed by atoms with E-state index in [0.717, 1.165) is 24.6 Å². The van der Waals surface area contributed by atoms with Gasteiger partial charge in [-0.2, -0.15) is 0 Å². The predicted molar refractivity (Wildman–Crippen MR) is 45.9 cm³/mol. The van der Waals surface area contributed by atoms with Crippen LogP contribution in [0.4, 0.5) is 0 Å². The van der Waals surface area contributed by atoms with E-state index in [0.29, 0.717) is 6.54 Å². The molecule has 1 unspecified atom stereocenters. The van der Waals surface area contributed by atoms with Crippen LogP contribution in [0.25, 0.3) is 0 Å². The molecule has 0 saturated heterocycles. The maximum atomic E-state index is 5.79. The molecule has 1 aromatic heterocycles. The van der Waals surface area contributed by atoms with Gasteiger partial charge in [-0.1, -0.05) is 0 Å². The highest BCUT2D eigenvalue weighted by Gasteiger charge is 2.19. The van der Waals surface area contributed by atoms with Crippen LogP contribution in [0.15, 0.2) is 12.3 Å². The zero-order valence-corrected chi connectivity index (χ0v) is 6.86. The molecule has 0 amide bonds. The molecular formula is C8H13N3O. The van der Waals surface area contributed by atoms with Crippen molar-refractivity contribution >= 4 is 0 Å². The monoisotopic (exact) mass is 167 g/mol. The van der Waals surface area contributed by atoms with E-state index < -0.39 is 0 Å². The van der Waals surface area contributed by atoms with Gasteiger partial charge in [0.25, 0.3) is 0 Å². The first-order valence-corrected chi connectivity index (χ1v) is 4.10. The van der Waals surface area contributed by atoms with E-state index in [1.807, 2.05) is 12.3 Å². The second kappa shape index (κ2) is 2.80. The number of hydrogen-bond acceptors (Lipinski definition) is 3. The molecule has 1 aliphatic rings. The van der Waals surface area contributed by atoms with Crippen LogP contribution in [0.2, 0.25) is 0 Å². The van der Waals surface area contributed by atoms with Crippen LogP contribution in [0.5, 0.6) is 5.88 Å². The number of ether oxygens (including phenoxy) is 1. The molecule has 0 spiro atoms. The molecule has 1 aromatic rings. The smallest absolute Gasteiger partial charge is 0.198 e. The number of fused-ring (bicyclic) bond motifs is 1. The van der Waals surface area contributed by atoms with E-state index in [2.05, 4.69) is 4.57 Å². The second-order valence-electron chi connectivity index (χ2n) is 2.96. The summed E-state index contributed by atoms with van der Waals surface area (Å²) < 4.78 is 7.48. The molecule has 4 nitrogen and oxygen atoms in total. The minimum absolute atomic E-state index is 0.0978. The normalized spacial score (nSPS) is 17.2. The van der Waals surface area contributed by atoms with Crippen LogP contribution in [0, 0.1) is 0 Å². The molecule has 0 aromatic carbocycles. The number of nitrogens with two attached hydrogens (primary N) is 2. The third kappa shape index (κ3) is 1.00. The van der Waals surface area contributed by atoms with Crippen molar-refractivity contribution < 1.29 is 4.74 Å². The maximum absolute atomic E-state index is 5.79. The fourth-order valence-corrected chi connectivity index (χ4v) is 1.47. The molecule has 12 heavy (non-hydrogen) atoms. The molecule has 4 heteroatoms. The highest BCUT2D eigenvalue weighted by molar-refractivity contribution is 5.33. The standard InChI is InChI=1S/C8H13N3O/c9-5-7(10)6-1-2-11-3-4-12-8(6)11/h1-2,7H,3-5,9-10H2. The summed E-state index contributed by atoms with van der Waals surface area (Å²) in [6.45, 7) is 2.13. The summed E-state index contributed by atoms with van der Waals surface area (Å²) in [7, 11) is 0. The lowest BCUT2D eigenvalue weighted by molar-refractivity contribution is 0.351. The summed E-state index contributed by atoms with van der Waals surface area (Å²) in [6.07, 6.45) is 1.99. The third-order valence-corrected chi connectivity index (χ3v) is 2.17. The van der Waals surface area contributed by atoms with Crippen molar-refractivity contribution in [2.45, 2.75) is 12.6 Å². The van der Waals surface area contributed by atoms with E-state index in [4.69, 9.17) is 16.2 Å². The quantitative estimate of drug-likeness (QED) is 0.643. The minimum Gasteiger partial charge on any atom is -0.477 e. The highest BCUT2D eigenvalue weighted by atomic mass is 16.5. The van der Waals surface area contributed by atoms with Gasteiger partial charge in [0, 0.05) is 24.3 Å². The van der Waals surface area contributed by atoms with E-state index in [-0.39, 0.29) is 6.04 Å². The number of aromatic nitrogens is 1. The van der Waals surface area contributed by atoms with Crippen LogP contribution in [0.3, 0.4) is 0 Å². The van der Waals surface area contributed by atoms with Gasteiger partial charge >= 0.3 is 0 Å². The fourth-order valence-electron chi connectivity index (χ4n) is 1.47. The molecule has 1 aliphatic heterocycles. The summed E-state index contributed by atoms with van der Waals surface area (Å²) in [5, 5.41) is 0. The minimum atomic E-state index is -0.0978. The number of rotatable bonds is 2. The van der Waals surface area contributed by atoms with E-state index in [9.17, 15) is 0 Å². The summed E-state index contributed by atoms with van der Waals surface area (Å²) >= 11 is 0. The first-order valence-electron chi connectivity index (χ1n) is 4.10. The molecule has 0 radical (unpaired) electrons. The van der Waals surface area contributed by atoms with Crippen molar-refractivity contribution in [1.29, 1.82) is 0 Å². The molecule has 0 fully saturated rings. The van der Waals surface area contributed by atoms with E-state index >= 15 is 0 Å². The first kappa shape index (κ1) is 7.64. The Bertz CT molecular complexity index is 282. The Kier molecular flexibility index (Phi) is 1.78. The van der Waals surface area contributed by atoms with Crippen molar-refractivity contribution in [3.05, 3.63) is 17.8 Å². The Labute approximate surface area is 71.1 Å². The largest absolute Gasteiger partial charge is 0.477 e. The van der Waals surface area contributed by atoms with Gasteiger partial charge in [-0.15, -0.1) is 0 Å². The maximum Gasteiger partial charge on any atom is 0.198 e. The molecule has 2 heterocycles. The van der Waals surface area contributed by atoms with Gasteiger partial charge in [-0.3, -0.25) is 0 Å². The van der Waals surface area contributed by atoms with E-state index in [1.54, 1.807) is 0 Å². The molecule has 2 rings (SSSR count). The van der Waals surface area contributed by atoms with Gasteiger partial charge in [0.2, 0.25) is 0 Å². The average Bonchev–Trinajstić information content (AvgIpc) is 2.62. The summed E-state index contributed by atoms with van der Waals surface area (Å²) in [4.78, 5) is 0. The van der Waals surface area contributed by atoms with Crippen molar-refractivity contribution in [2.75, 3.05) is 13.2 Å². The topological polar surface area (TPSA) is 66.2 Å². The summed E-state index contributed by atoms with van der Waals surface area (Å²) in [5.74, 6) is 0.896.